The van der Waals surface area contributed by atoms with Crippen LogP contribution in [0.5, 0.6) is 5.75 Å². The molecule has 3 aromatic rings. The molecule has 3 rings (SSSR count). The number of hydrogen-bond acceptors (Lipinski definition) is 3. The second-order valence-corrected chi connectivity index (χ2v) is 5.07. The van der Waals surface area contributed by atoms with Gasteiger partial charge in [0.15, 0.2) is 5.78 Å². The summed E-state index contributed by atoms with van der Waals surface area (Å²) >= 11 is 0. The molecule has 0 amide bonds. The Morgan fingerprint density at radius 3 is 2.35 bits per heavy atom. The summed E-state index contributed by atoms with van der Waals surface area (Å²) in [6.07, 6.45) is 0. The smallest absolute Gasteiger partial charge is 0.336 e. The van der Waals surface area contributed by atoms with E-state index in [1.165, 1.54) is 25.3 Å². The van der Waals surface area contributed by atoms with E-state index in [9.17, 15) is 14.7 Å². The first kappa shape index (κ1) is 14.8. The highest BCUT2D eigenvalue weighted by Crippen LogP contribution is 2.25. The first-order valence-electron chi connectivity index (χ1n) is 7.05. The zero-order valence-corrected chi connectivity index (χ0v) is 12.4. The average molecular weight is 306 g/mol. The second kappa shape index (κ2) is 5.93. The number of benzene rings is 3. The summed E-state index contributed by atoms with van der Waals surface area (Å²) in [5, 5.41) is 11.1. The molecule has 0 radical (unpaired) electrons. The first-order chi connectivity index (χ1) is 11.1. The van der Waals surface area contributed by atoms with Crippen LogP contribution in [0.4, 0.5) is 0 Å². The number of carboxylic acid groups (broad SMARTS) is 1. The van der Waals surface area contributed by atoms with Crippen molar-refractivity contribution in [2.45, 2.75) is 0 Å². The molecule has 4 heteroatoms. The maximum absolute atomic E-state index is 12.9. The molecule has 23 heavy (non-hydrogen) atoms. The molecule has 0 fully saturated rings. The standard InChI is InChI=1S/C19H14O4/c1-23-13-9-10-16(19(21)22)17(11-13)18(20)15-8-4-6-12-5-2-3-7-14(12)15/h2-11H,1H3,(H,21,22). The van der Waals surface area contributed by atoms with E-state index in [4.69, 9.17) is 4.74 Å². The van der Waals surface area contributed by atoms with Crippen LogP contribution in [-0.4, -0.2) is 24.0 Å². The number of aromatic carboxylic acids is 1. The van der Waals surface area contributed by atoms with E-state index in [1.807, 2.05) is 30.3 Å². The highest BCUT2D eigenvalue weighted by atomic mass is 16.5. The number of carbonyl (C=O) groups is 2. The molecule has 114 valence electrons. The van der Waals surface area contributed by atoms with Crippen LogP contribution < -0.4 is 4.74 Å². The zero-order chi connectivity index (χ0) is 16.4. The Kier molecular flexibility index (Phi) is 3.81. The van der Waals surface area contributed by atoms with Crippen molar-refractivity contribution in [3.05, 3.63) is 77.4 Å². The molecule has 0 aliphatic carbocycles. The van der Waals surface area contributed by atoms with Crippen LogP contribution in [0, 0.1) is 0 Å². The SMILES string of the molecule is COc1ccc(C(=O)O)c(C(=O)c2cccc3ccccc23)c1. The van der Waals surface area contributed by atoms with Crippen molar-refractivity contribution in [1.29, 1.82) is 0 Å². The summed E-state index contributed by atoms with van der Waals surface area (Å²) in [6.45, 7) is 0. The number of ketones is 1. The first-order valence-corrected chi connectivity index (χ1v) is 7.05. The van der Waals surface area contributed by atoms with E-state index in [-0.39, 0.29) is 16.9 Å². The predicted octanol–water partition coefficient (Wildman–Crippen LogP) is 3.78. The molecule has 0 saturated heterocycles. The molecule has 3 aromatic carbocycles. The molecular weight excluding hydrogens is 292 g/mol. The van der Waals surface area contributed by atoms with Crippen molar-refractivity contribution < 1.29 is 19.4 Å². The fourth-order valence-corrected chi connectivity index (χ4v) is 2.59. The molecule has 0 bridgehead atoms. The Balaban J connectivity index is 2.21. The van der Waals surface area contributed by atoms with Crippen molar-refractivity contribution >= 4 is 22.5 Å². The third-order valence-electron chi connectivity index (χ3n) is 3.74. The topological polar surface area (TPSA) is 63.6 Å². The maximum atomic E-state index is 12.9. The van der Waals surface area contributed by atoms with Gasteiger partial charge in [0.25, 0.3) is 0 Å². The van der Waals surface area contributed by atoms with Gasteiger partial charge >= 0.3 is 5.97 Å². The molecule has 1 N–H and O–H groups in total. The van der Waals surface area contributed by atoms with Crippen molar-refractivity contribution in [1.82, 2.24) is 0 Å². The highest BCUT2D eigenvalue weighted by Gasteiger charge is 2.20. The van der Waals surface area contributed by atoms with Crippen LogP contribution in [0.3, 0.4) is 0 Å². The third kappa shape index (κ3) is 2.66. The Hall–Kier alpha value is -3.14. The lowest BCUT2D eigenvalue weighted by Gasteiger charge is -2.10. The molecule has 0 unspecified atom stereocenters. The van der Waals surface area contributed by atoms with Gasteiger partial charge in [-0.3, -0.25) is 4.79 Å². The van der Waals surface area contributed by atoms with E-state index in [2.05, 4.69) is 0 Å². The summed E-state index contributed by atoms with van der Waals surface area (Å²) < 4.78 is 5.12. The lowest BCUT2D eigenvalue weighted by atomic mass is 9.94. The molecule has 0 aliphatic heterocycles. The fourth-order valence-electron chi connectivity index (χ4n) is 2.59. The molecule has 0 aromatic heterocycles. The van der Waals surface area contributed by atoms with Crippen molar-refractivity contribution in [2.24, 2.45) is 0 Å². The van der Waals surface area contributed by atoms with Crippen molar-refractivity contribution in [3.8, 4) is 5.75 Å². The predicted molar refractivity (Wildman–Crippen MR) is 87.3 cm³/mol. The number of ether oxygens (including phenoxy) is 1. The molecule has 0 spiro atoms. The number of carbonyl (C=O) groups excluding carboxylic acids is 1. The summed E-state index contributed by atoms with van der Waals surface area (Å²) in [4.78, 5) is 24.4. The van der Waals surface area contributed by atoms with E-state index in [0.29, 0.717) is 11.3 Å². The number of methoxy groups -OCH3 is 1. The number of fused-ring (bicyclic) bond motifs is 1. The summed E-state index contributed by atoms with van der Waals surface area (Å²) in [5.74, 6) is -1.03. The Bertz CT molecular complexity index is 907. The zero-order valence-electron chi connectivity index (χ0n) is 12.4. The van der Waals surface area contributed by atoms with Crippen LogP contribution in [0.1, 0.15) is 26.3 Å². The van der Waals surface area contributed by atoms with Crippen molar-refractivity contribution in [2.75, 3.05) is 7.11 Å². The largest absolute Gasteiger partial charge is 0.497 e. The van der Waals surface area contributed by atoms with Gasteiger partial charge in [-0.2, -0.15) is 0 Å². The minimum absolute atomic E-state index is 0.0382. The average Bonchev–Trinajstić information content (AvgIpc) is 2.60. The second-order valence-electron chi connectivity index (χ2n) is 5.07. The third-order valence-corrected chi connectivity index (χ3v) is 3.74. The van der Waals surface area contributed by atoms with Crippen LogP contribution >= 0.6 is 0 Å². The molecule has 0 aliphatic rings. The number of rotatable bonds is 4. The number of hydrogen-bond donors (Lipinski definition) is 1. The van der Waals surface area contributed by atoms with Crippen LogP contribution in [0.2, 0.25) is 0 Å². The minimum Gasteiger partial charge on any atom is -0.497 e. The van der Waals surface area contributed by atoms with Crippen molar-refractivity contribution in [3.63, 3.8) is 0 Å². The van der Waals surface area contributed by atoms with Crippen LogP contribution in [0.15, 0.2) is 60.7 Å². The van der Waals surface area contributed by atoms with Gasteiger partial charge in [-0.25, -0.2) is 4.79 Å². The van der Waals surface area contributed by atoms with E-state index in [1.54, 1.807) is 12.1 Å². The normalized spacial score (nSPS) is 10.5. The van der Waals surface area contributed by atoms with Gasteiger partial charge in [0.1, 0.15) is 5.75 Å². The lowest BCUT2D eigenvalue weighted by Crippen LogP contribution is -2.10. The van der Waals surface area contributed by atoms with Gasteiger partial charge in [-0.1, -0.05) is 42.5 Å². The molecule has 0 atom stereocenters. The van der Waals surface area contributed by atoms with Crippen LogP contribution in [0.25, 0.3) is 10.8 Å². The van der Waals surface area contributed by atoms with E-state index >= 15 is 0 Å². The summed E-state index contributed by atoms with van der Waals surface area (Å²) in [7, 11) is 1.47. The Labute approximate surface area is 132 Å². The van der Waals surface area contributed by atoms with Gasteiger partial charge in [0.05, 0.1) is 12.7 Å². The fraction of sp³-hybridized carbons (Fsp3) is 0.0526. The molecule has 4 nitrogen and oxygen atoms in total. The van der Waals surface area contributed by atoms with Gasteiger partial charge in [0, 0.05) is 11.1 Å². The number of carboxylic acids is 1. The quantitative estimate of drug-likeness (QED) is 0.745. The lowest BCUT2D eigenvalue weighted by molar-refractivity contribution is 0.0692. The molecule has 0 heterocycles. The Morgan fingerprint density at radius 2 is 1.61 bits per heavy atom. The highest BCUT2D eigenvalue weighted by molar-refractivity contribution is 6.19. The summed E-state index contributed by atoms with van der Waals surface area (Å²) in [6, 6.07) is 17.3. The van der Waals surface area contributed by atoms with Crippen LogP contribution in [-0.2, 0) is 0 Å². The van der Waals surface area contributed by atoms with Gasteiger partial charge < -0.3 is 9.84 Å². The summed E-state index contributed by atoms with van der Waals surface area (Å²) in [5.41, 5.74) is 0.552. The minimum atomic E-state index is -1.14. The Morgan fingerprint density at radius 1 is 0.870 bits per heavy atom. The maximum Gasteiger partial charge on any atom is 0.336 e. The van der Waals surface area contributed by atoms with E-state index in [0.717, 1.165) is 10.8 Å². The van der Waals surface area contributed by atoms with E-state index < -0.39 is 5.97 Å². The molecular formula is C19H14O4. The van der Waals surface area contributed by atoms with Gasteiger partial charge in [-0.05, 0) is 29.0 Å². The van der Waals surface area contributed by atoms with Gasteiger partial charge in [-0.15, -0.1) is 0 Å². The monoisotopic (exact) mass is 306 g/mol. The molecule has 0 saturated carbocycles. The van der Waals surface area contributed by atoms with Gasteiger partial charge in [0.2, 0.25) is 0 Å².